The van der Waals surface area contributed by atoms with E-state index in [-0.39, 0.29) is 23.6 Å². The largest absolute Gasteiger partial charge is 0.368 e. The van der Waals surface area contributed by atoms with E-state index < -0.39 is 0 Å². The van der Waals surface area contributed by atoms with Crippen molar-refractivity contribution in [2.24, 2.45) is 0 Å². The van der Waals surface area contributed by atoms with Gasteiger partial charge in [0.15, 0.2) is 0 Å². The van der Waals surface area contributed by atoms with Gasteiger partial charge < -0.3 is 14.6 Å². The summed E-state index contributed by atoms with van der Waals surface area (Å²) in [4.78, 5) is 31.0. The molecule has 2 aliphatic rings. The van der Waals surface area contributed by atoms with Gasteiger partial charge in [0, 0.05) is 18.2 Å². The number of hydrogen-bond acceptors (Lipinski definition) is 3. The van der Waals surface area contributed by atoms with E-state index >= 15 is 0 Å². The lowest BCUT2D eigenvalue weighted by Crippen LogP contribution is -2.46. The third-order valence-corrected chi connectivity index (χ3v) is 6.47. The van der Waals surface area contributed by atoms with E-state index in [0.29, 0.717) is 18.7 Å². The van der Waals surface area contributed by atoms with Crippen molar-refractivity contribution in [1.29, 1.82) is 0 Å². The molecule has 5 heteroatoms. The predicted octanol–water partition coefficient (Wildman–Crippen LogP) is 3.99. The second-order valence-electron chi connectivity index (χ2n) is 8.36. The zero-order chi connectivity index (χ0) is 19.7. The first kappa shape index (κ1) is 19.2. The Labute approximate surface area is 166 Å². The summed E-state index contributed by atoms with van der Waals surface area (Å²) in [6.07, 6.45) is 6.93. The molecule has 1 saturated heterocycles. The molecule has 1 aromatic heterocycles. The summed E-state index contributed by atoms with van der Waals surface area (Å²) < 4.78 is 5.68. The number of ether oxygens (including phenoxy) is 1. The number of nitrogens with zero attached hydrogens (tertiary/aromatic N) is 1. The van der Waals surface area contributed by atoms with Gasteiger partial charge in [-0.3, -0.25) is 9.59 Å². The average Bonchev–Trinajstić information content (AvgIpc) is 3.25. The van der Waals surface area contributed by atoms with E-state index in [1.54, 1.807) is 0 Å². The summed E-state index contributed by atoms with van der Waals surface area (Å²) in [6.45, 7) is 5.10. The van der Waals surface area contributed by atoms with E-state index in [1.165, 1.54) is 6.42 Å². The van der Waals surface area contributed by atoms with E-state index in [9.17, 15) is 9.59 Å². The first-order chi connectivity index (χ1) is 13.5. The molecule has 0 bridgehead atoms. The van der Waals surface area contributed by atoms with Crippen molar-refractivity contribution in [2.45, 2.75) is 77.5 Å². The third-order valence-electron chi connectivity index (χ3n) is 6.47. The Morgan fingerprint density at radius 3 is 2.64 bits per heavy atom. The van der Waals surface area contributed by atoms with Gasteiger partial charge in [0.1, 0.15) is 6.10 Å². The van der Waals surface area contributed by atoms with Crippen molar-refractivity contribution in [1.82, 2.24) is 9.88 Å². The molecular weight excluding hydrogens is 352 g/mol. The number of carbonyl (C=O) groups excluding carboxylic acids is 1. The van der Waals surface area contributed by atoms with Crippen LogP contribution in [0.3, 0.4) is 0 Å². The zero-order valence-corrected chi connectivity index (χ0v) is 16.9. The molecule has 0 radical (unpaired) electrons. The van der Waals surface area contributed by atoms with E-state index in [4.69, 9.17) is 4.74 Å². The minimum atomic E-state index is -0.341. The fraction of sp³-hybridized carbons (Fsp3) is 0.565. The van der Waals surface area contributed by atoms with Gasteiger partial charge in [0.25, 0.3) is 11.5 Å². The number of pyridine rings is 1. The Morgan fingerprint density at radius 1 is 1.14 bits per heavy atom. The maximum absolute atomic E-state index is 13.2. The normalized spacial score (nSPS) is 20.6. The van der Waals surface area contributed by atoms with E-state index in [0.717, 1.165) is 60.6 Å². The molecule has 2 fully saturated rings. The number of nitrogens with one attached hydrogen (secondary N) is 1. The van der Waals surface area contributed by atoms with Gasteiger partial charge in [-0.25, -0.2) is 0 Å². The van der Waals surface area contributed by atoms with Crippen molar-refractivity contribution in [3.05, 3.63) is 45.2 Å². The highest BCUT2D eigenvalue weighted by Crippen LogP contribution is 2.27. The Bertz CT molecular complexity index is 921. The lowest BCUT2D eigenvalue weighted by molar-refractivity contribution is -0.144. The number of aromatic nitrogens is 1. The lowest BCUT2D eigenvalue weighted by Gasteiger charge is -2.35. The van der Waals surface area contributed by atoms with Gasteiger partial charge in [0.05, 0.1) is 12.1 Å². The molecule has 1 aromatic carbocycles. The van der Waals surface area contributed by atoms with Crippen LogP contribution in [0.25, 0.3) is 10.9 Å². The minimum Gasteiger partial charge on any atom is -0.368 e. The summed E-state index contributed by atoms with van der Waals surface area (Å²) in [5.41, 5.74) is 3.72. The number of aryl methyl sites for hydroxylation is 2. The summed E-state index contributed by atoms with van der Waals surface area (Å²) in [5.74, 6) is 0.0592. The molecule has 1 N–H and O–H groups in total. The second kappa shape index (κ2) is 8.08. The molecular formula is C23H30N2O3. The van der Waals surface area contributed by atoms with Crippen molar-refractivity contribution >= 4 is 16.8 Å². The quantitative estimate of drug-likeness (QED) is 0.870. The molecule has 4 rings (SSSR count). The number of hydrogen-bond donors (Lipinski definition) is 1. The Hall–Kier alpha value is -2.14. The maximum atomic E-state index is 13.2. The fourth-order valence-electron chi connectivity index (χ4n) is 4.61. The van der Waals surface area contributed by atoms with Gasteiger partial charge in [-0.2, -0.15) is 0 Å². The van der Waals surface area contributed by atoms with Crippen molar-refractivity contribution in [3.63, 3.8) is 0 Å². The van der Waals surface area contributed by atoms with Crippen LogP contribution in [0.15, 0.2) is 23.0 Å². The molecule has 2 aromatic rings. The third kappa shape index (κ3) is 3.72. The van der Waals surface area contributed by atoms with Crippen LogP contribution < -0.4 is 5.56 Å². The lowest BCUT2D eigenvalue weighted by atomic mass is 9.93. The molecule has 1 amide bonds. The molecule has 2 heterocycles. The van der Waals surface area contributed by atoms with Gasteiger partial charge in [-0.1, -0.05) is 31.4 Å². The van der Waals surface area contributed by atoms with E-state index in [2.05, 4.69) is 11.1 Å². The second-order valence-corrected chi connectivity index (χ2v) is 8.36. The molecule has 0 spiro atoms. The topological polar surface area (TPSA) is 62.4 Å². The van der Waals surface area contributed by atoms with Gasteiger partial charge in [-0.15, -0.1) is 0 Å². The summed E-state index contributed by atoms with van der Waals surface area (Å²) in [5, 5.41) is 1.02. The molecule has 1 atom stereocenters. The zero-order valence-electron chi connectivity index (χ0n) is 16.9. The van der Waals surface area contributed by atoms with Crippen LogP contribution in [-0.4, -0.2) is 34.5 Å². The van der Waals surface area contributed by atoms with Crippen LogP contribution in [-0.2, 0) is 16.1 Å². The first-order valence-corrected chi connectivity index (χ1v) is 10.6. The smallest absolute Gasteiger partial charge is 0.253 e. The highest BCUT2D eigenvalue weighted by atomic mass is 16.5. The molecule has 1 aliphatic carbocycles. The molecule has 5 nitrogen and oxygen atoms in total. The molecule has 1 saturated carbocycles. The Morgan fingerprint density at radius 2 is 1.93 bits per heavy atom. The maximum Gasteiger partial charge on any atom is 0.253 e. The predicted molar refractivity (Wildman–Crippen MR) is 110 cm³/mol. The van der Waals surface area contributed by atoms with E-state index in [1.807, 2.05) is 30.9 Å². The number of benzene rings is 1. The Kier molecular flexibility index (Phi) is 5.54. The number of aromatic amines is 1. The highest BCUT2D eigenvalue weighted by Gasteiger charge is 2.33. The SMILES string of the molecule is Cc1ccc2cc(CN(C(=O)C3CCCO3)C3CCCCC3)c(=O)[nH]c2c1C. The van der Waals surface area contributed by atoms with Crippen molar-refractivity contribution < 1.29 is 9.53 Å². The van der Waals surface area contributed by atoms with Crippen LogP contribution >= 0.6 is 0 Å². The van der Waals surface area contributed by atoms with Crippen LogP contribution in [0, 0.1) is 13.8 Å². The van der Waals surface area contributed by atoms with Gasteiger partial charge in [-0.05, 0) is 62.1 Å². The van der Waals surface area contributed by atoms with Crippen LogP contribution in [0.5, 0.6) is 0 Å². The monoisotopic (exact) mass is 382 g/mol. The summed E-state index contributed by atoms with van der Waals surface area (Å²) >= 11 is 0. The summed E-state index contributed by atoms with van der Waals surface area (Å²) in [7, 11) is 0. The number of H-pyrrole nitrogens is 1. The van der Waals surface area contributed by atoms with Gasteiger partial charge in [0.2, 0.25) is 0 Å². The summed E-state index contributed by atoms with van der Waals surface area (Å²) in [6, 6.07) is 6.29. The molecule has 1 unspecified atom stereocenters. The Balaban J connectivity index is 1.67. The molecule has 150 valence electrons. The molecule has 1 aliphatic heterocycles. The van der Waals surface area contributed by atoms with Gasteiger partial charge >= 0.3 is 0 Å². The number of amides is 1. The van der Waals surface area contributed by atoms with Crippen LogP contribution in [0.4, 0.5) is 0 Å². The first-order valence-electron chi connectivity index (χ1n) is 10.6. The molecule has 28 heavy (non-hydrogen) atoms. The number of fused-ring (bicyclic) bond motifs is 1. The number of carbonyl (C=O) groups is 1. The van der Waals surface area contributed by atoms with Crippen molar-refractivity contribution in [3.8, 4) is 0 Å². The number of rotatable bonds is 4. The minimum absolute atomic E-state index is 0.0592. The van der Waals surface area contributed by atoms with Crippen molar-refractivity contribution in [2.75, 3.05) is 6.61 Å². The average molecular weight is 383 g/mol. The fourth-order valence-corrected chi connectivity index (χ4v) is 4.61. The van der Waals surface area contributed by atoms with Crippen LogP contribution in [0.2, 0.25) is 0 Å². The van der Waals surface area contributed by atoms with Crippen LogP contribution in [0.1, 0.15) is 61.6 Å². The highest BCUT2D eigenvalue weighted by molar-refractivity contribution is 5.84. The standard InChI is InChI=1S/C23H30N2O3/c1-15-10-11-17-13-18(22(26)24-21(17)16(15)2)14-25(19-7-4-3-5-8-19)23(27)20-9-6-12-28-20/h10-11,13,19-20H,3-9,12,14H2,1-2H3,(H,24,26).